The van der Waals surface area contributed by atoms with Gasteiger partial charge in [-0.2, -0.15) is 0 Å². The van der Waals surface area contributed by atoms with Gasteiger partial charge in [-0.05, 0) is 28.0 Å². The van der Waals surface area contributed by atoms with Gasteiger partial charge in [0, 0.05) is 17.2 Å². The minimum Gasteiger partial charge on any atom is -0.456 e. The second-order valence-electron chi connectivity index (χ2n) is 6.21. The van der Waals surface area contributed by atoms with Gasteiger partial charge in [-0.1, -0.05) is 78.9 Å². The first-order valence-corrected chi connectivity index (χ1v) is 8.26. The fraction of sp³-hybridized carbons (Fsp3) is 0.0435. The van der Waals surface area contributed by atoms with Crippen molar-refractivity contribution in [3.05, 3.63) is 96.1 Å². The van der Waals surface area contributed by atoms with Crippen molar-refractivity contribution >= 4 is 32.7 Å². The van der Waals surface area contributed by atoms with E-state index in [1.807, 2.05) is 12.1 Å². The van der Waals surface area contributed by atoms with E-state index in [0.717, 1.165) is 17.6 Å². The molecule has 114 valence electrons. The minimum atomic E-state index is 0.874. The van der Waals surface area contributed by atoms with Gasteiger partial charge in [0.2, 0.25) is 0 Å². The van der Waals surface area contributed by atoms with Crippen molar-refractivity contribution in [3.8, 4) is 0 Å². The lowest BCUT2D eigenvalue weighted by atomic mass is 9.97. The molecule has 1 heterocycles. The smallest absolute Gasteiger partial charge is 0.138 e. The van der Waals surface area contributed by atoms with Crippen LogP contribution >= 0.6 is 0 Å². The lowest BCUT2D eigenvalue weighted by Crippen LogP contribution is -1.90. The Morgan fingerprint density at radius 3 is 2.17 bits per heavy atom. The molecule has 0 fully saturated rings. The van der Waals surface area contributed by atoms with Crippen molar-refractivity contribution in [2.75, 3.05) is 0 Å². The summed E-state index contributed by atoms with van der Waals surface area (Å²) in [5.41, 5.74) is 4.53. The second kappa shape index (κ2) is 5.24. The van der Waals surface area contributed by atoms with E-state index in [9.17, 15) is 0 Å². The maximum atomic E-state index is 6.17. The molecule has 1 aromatic heterocycles. The minimum absolute atomic E-state index is 0.874. The Kier molecular flexibility index (Phi) is 2.92. The summed E-state index contributed by atoms with van der Waals surface area (Å²) < 4.78 is 6.17. The van der Waals surface area contributed by atoms with E-state index in [2.05, 4.69) is 72.8 Å². The Morgan fingerprint density at radius 2 is 1.21 bits per heavy atom. The summed E-state index contributed by atoms with van der Waals surface area (Å²) in [7, 11) is 0. The standard InChI is InChI=1S/C23H16O/c1-2-11-19-16(7-1)8-5-9-17(19)15-18-10-6-13-21-20-12-3-4-14-22(20)24-23(18)21/h1-14H,15H2. The third-order valence-electron chi connectivity index (χ3n) is 4.75. The van der Waals surface area contributed by atoms with Crippen molar-refractivity contribution in [3.63, 3.8) is 0 Å². The second-order valence-corrected chi connectivity index (χ2v) is 6.21. The molecule has 0 aliphatic carbocycles. The van der Waals surface area contributed by atoms with E-state index in [1.165, 1.54) is 32.7 Å². The summed E-state index contributed by atoms with van der Waals surface area (Å²) in [6.07, 6.45) is 0.874. The van der Waals surface area contributed by atoms with E-state index in [4.69, 9.17) is 4.42 Å². The van der Waals surface area contributed by atoms with Crippen molar-refractivity contribution in [1.29, 1.82) is 0 Å². The molecule has 5 aromatic rings. The van der Waals surface area contributed by atoms with Gasteiger partial charge in [-0.3, -0.25) is 0 Å². The monoisotopic (exact) mass is 308 g/mol. The highest BCUT2D eigenvalue weighted by molar-refractivity contribution is 6.06. The molecule has 1 nitrogen and oxygen atoms in total. The summed E-state index contributed by atoms with van der Waals surface area (Å²) in [6.45, 7) is 0. The topological polar surface area (TPSA) is 13.1 Å². The lowest BCUT2D eigenvalue weighted by Gasteiger charge is -2.07. The van der Waals surface area contributed by atoms with E-state index in [-0.39, 0.29) is 0 Å². The zero-order chi connectivity index (χ0) is 15.9. The van der Waals surface area contributed by atoms with E-state index in [0.29, 0.717) is 0 Å². The molecule has 0 atom stereocenters. The molecule has 5 rings (SSSR count). The molecule has 0 spiro atoms. The van der Waals surface area contributed by atoms with Crippen LogP contribution in [-0.4, -0.2) is 0 Å². The number of fused-ring (bicyclic) bond motifs is 4. The van der Waals surface area contributed by atoms with Crippen LogP contribution in [-0.2, 0) is 6.42 Å². The third kappa shape index (κ3) is 2.02. The molecule has 0 saturated carbocycles. The molecule has 0 aliphatic rings. The highest BCUT2D eigenvalue weighted by Gasteiger charge is 2.11. The van der Waals surface area contributed by atoms with Crippen molar-refractivity contribution < 1.29 is 4.42 Å². The van der Waals surface area contributed by atoms with Crippen LogP contribution in [0.25, 0.3) is 32.7 Å². The van der Waals surface area contributed by atoms with Crippen LogP contribution in [0.3, 0.4) is 0 Å². The van der Waals surface area contributed by atoms with Crippen LogP contribution in [0.2, 0.25) is 0 Å². The molecule has 0 bridgehead atoms. The zero-order valence-electron chi connectivity index (χ0n) is 13.2. The predicted octanol–water partition coefficient (Wildman–Crippen LogP) is 6.33. The molecular formula is C23H16O. The van der Waals surface area contributed by atoms with E-state index >= 15 is 0 Å². The quantitative estimate of drug-likeness (QED) is 0.371. The number of furan rings is 1. The molecular weight excluding hydrogens is 292 g/mol. The Balaban J connectivity index is 1.72. The van der Waals surface area contributed by atoms with Crippen LogP contribution in [0.5, 0.6) is 0 Å². The molecule has 24 heavy (non-hydrogen) atoms. The van der Waals surface area contributed by atoms with Gasteiger partial charge in [-0.25, -0.2) is 0 Å². The molecule has 0 amide bonds. The average molecular weight is 308 g/mol. The van der Waals surface area contributed by atoms with Gasteiger partial charge in [-0.15, -0.1) is 0 Å². The van der Waals surface area contributed by atoms with Crippen LogP contribution in [0.15, 0.2) is 89.3 Å². The van der Waals surface area contributed by atoms with E-state index < -0.39 is 0 Å². The van der Waals surface area contributed by atoms with Crippen LogP contribution in [0.1, 0.15) is 11.1 Å². The fourth-order valence-electron chi connectivity index (χ4n) is 3.60. The molecule has 0 aliphatic heterocycles. The molecule has 1 heteroatoms. The maximum absolute atomic E-state index is 6.17. The summed E-state index contributed by atoms with van der Waals surface area (Å²) in [4.78, 5) is 0. The van der Waals surface area contributed by atoms with Gasteiger partial charge in [0.1, 0.15) is 11.2 Å². The first-order valence-electron chi connectivity index (χ1n) is 8.26. The number of benzene rings is 4. The third-order valence-corrected chi connectivity index (χ3v) is 4.75. The summed E-state index contributed by atoms with van der Waals surface area (Å²) in [5, 5.41) is 4.98. The Morgan fingerprint density at radius 1 is 0.542 bits per heavy atom. The van der Waals surface area contributed by atoms with Crippen molar-refractivity contribution in [2.45, 2.75) is 6.42 Å². The molecule has 4 aromatic carbocycles. The highest BCUT2D eigenvalue weighted by atomic mass is 16.3. The van der Waals surface area contributed by atoms with E-state index in [1.54, 1.807) is 0 Å². The SMILES string of the molecule is c1ccc2c(Cc3cccc4c3oc3ccccc34)cccc2c1. The molecule has 0 unspecified atom stereocenters. The summed E-state index contributed by atoms with van der Waals surface area (Å²) >= 11 is 0. The first-order chi connectivity index (χ1) is 11.9. The number of para-hydroxylation sites is 2. The Bertz CT molecular complexity index is 1180. The first kappa shape index (κ1) is 13.4. The van der Waals surface area contributed by atoms with Gasteiger partial charge < -0.3 is 4.42 Å². The normalized spacial score (nSPS) is 11.5. The van der Waals surface area contributed by atoms with Gasteiger partial charge in [0.25, 0.3) is 0 Å². The largest absolute Gasteiger partial charge is 0.456 e. The number of rotatable bonds is 2. The molecule has 0 radical (unpaired) electrons. The van der Waals surface area contributed by atoms with Gasteiger partial charge in [0.05, 0.1) is 0 Å². The fourth-order valence-corrected chi connectivity index (χ4v) is 3.60. The van der Waals surface area contributed by atoms with Crippen molar-refractivity contribution in [1.82, 2.24) is 0 Å². The van der Waals surface area contributed by atoms with Crippen LogP contribution in [0.4, 0.5) is 0 Å². The molecule has 0 saturated heterocycles. The van der Waals surface area contributed by atoms with Gasteiger partial charge >= 0.3 is 0 Å². The predicted molar refractivity (Wildman–Crippen MR) is 100 cm³/mol. The Hall–Kier alpha value is -3.06. The maximum Gasteiger partial charge on any atom is 0.138 e. The number of hydrogen-bond donors (Lipinski definition) is 0. The summed E-state index contributed by atoms with van der Waals surface area (Å²) in [5.74, 6) is 0. The van der Waals surface area contributed by atoms with Crippen LogP contribution < -0.4 is 0 Å². The van der Waals surface area contributed by atoms with Crippen molar-refractivity contribution in [2.24, 2.45) is 0 Å². The van der Waals surface area contributed by atoms with Gasteiger partial charge in [0.15, 0.2) is 0 Å². The lowest BCUT2D eigenvalue weighted by molar-refractivity contribution is 0.664. The average Bonchev–Trinajstić information content (AvgIpc) is 3.02. The zero-order valence-corrected chi connectivity index (χ0v) is 13.2. The number of hydrogen-bond acceptors (Lipinski definition) is 1. The summed E-state index contributed by atoms with van der Waals surface area (Å²) in [6, 6.07) is 29.8. The Labute approximate surface area is 140 Å². The van der Waals surface area contributed by atoms with Crippen LogP contribution in [0, 0.1) is 0 Å². The molecule has 0 N–H and O–H groups in total. The highest BCUT2D eigenvalue weighted by Crippen LogP contribution is 2.32.